The van der Waals surface area contributed by atoms with E-state index < -0.39 is 10.5 Å². The summed E-state index contributed by atoms with van der Waals surface area (Å²) < 4.78 is 0. The molecule has 1 fully saturated rings. The molecule has 0 bridgehead atoms. The van der Waals surface area contributed by atoms with Crippen LogP contribution in [0.1, 0.15) is 35.8 Å². The molecule has 0 saturated heterocycles. The van der Waals surface area contributed by atoms with E-state index in [-0.39, 0.29) is 17.2 Å². The Morgan fingerprint density at radius 2 is 2.30 bits per heavy atom. The third kappa shape index (κ3) is 2.77. The van der Waals surface area contributed by atoms with Crippen LogP contribution < -0.4 is 11.1 Å². The molecule has 3 N–H and O–H groups in total. The number of hydrogen-bond donors (Lipinski definition) is 2. The number of carbonyl (C=O) groups is 1. The maximum atomic E-state index is 12.3. The predicted molar refractivity (Wildman–Crippen MR) is 73.3 cm³/mol. The van der Waals surface area contributed by atoms with Gasteiger partial charge in [-0.3, -0.25) is 19.9 Å². The normalized spacial score (nSPS) is 17.4. The van der Waals surface area contributed by atoms with E-state index in [1.807, 2.05) is 6.92 Å². The lowest BCUT2D eigenvalue weighted by atomic mass is 9.95. The molecule has 1 saturated carbocycles. The standard InChI is InChI=1S/C13H18N4O3/c1-8-11(5-10(6-15-8)17(19)20)12(18)16-13(2,7-14)9-3-4-9/h5-6,9H,3-4,7,14H2,1-2H3,(H,16,18). The van der Waals surface area contributed by atoms with Crippen LogP contribution in [0.25, 0.3) is 0 Å². The largest absolute Gasteiger partial charge is 0.345 e. The number of pyridine rings is 1. The molecule has 1 atom stereocenters. The molecule has 7 heteroatoms. The molecule has 0 radical (unpaired) electrons. The molecule has 2 rings (SSSR count). The summed E-state index contributed by atoms with van der Waals surface area (Å²) in [6.07, 6.45) is 3.23. The fraction of sp³-hybridized carbons (Fsp3) is 0.538. The van der Waals surface area contributed by atoms with Crippen molar-refractivity contribution in [3.8, 4) is 0 Å². The van der Waals surface area contributed by atoms with E-state index in [1.54, 1.807) is 6.92 Å². The molecule has 1 aliphatic rings. The Morgan fingerprint density at radius 1 is 1.65 bits per heavy atom. The van der Waals surface area contributed by atoms with Gasteiger partial charge in [0.2, 0.25) is 0 Å². The van der Waals surface area contributed by atoms with Crippen molar-refractivity contribution in [1.29, 1.82) is 0 Å². The Morgan fingerprint density at radius 3 is 2.80 bits per heavy atom. The van der Waals surface area contributed by atoms with Crippen molar-refractivity contribution in [1.82, 2.24) is 10.3 Å². The van der Waals surface area contributed by atoms with Crippen molar-refractivity contribution in [3.05, 3.63) is 33.6 Å². The monoisotopic (exact) mass is 278 g/mol. The highest BCUT2D eigenvalue weighted by Gasteiger charge is 2.41. The van der Waals surface area contributed by atoms with Crippen molar-refractivity contribution in [3.63, 3.8) is 0 Å². The molecule has 1 aromatic rings. The minimum absolute atomic E-state index is 0.193. The summed E-state index contributed by atoms with van der Waals surface area (Å²) in [5, 5.41) is 13.7. The van der Waals surface area contributed by atoms with Crippen molar-refractivity contribution in [2.75, 3.05) is 6.54 Å². The summed E-state index contributed by atoms with van der Waals surface area (Å²) >= 11 is 0. The lowest BCUT2D eigenvalue weighted by Crippen LogP contribution is -2.53. The van der Waals surface area contributed by atoms with Gasteiger partial charge in [0, 0.05) is 12.6 Å². The van der Waals surface area contributed by atoms with Crippen LogP contribution in [0.5, 0.6) is 0 Å². The Labute approximate surface area is 116 Å². The molecule has 7 nitrogen and oxygen atoms in total. The third-order valence-electron chi connectivity index (χ3n) is 3.83. The zero-order valence-corrected chi connectivity index (χ0v) is 11.5. The van der Waals surface area contributed by atoms with Crippen LogP contribution in [0.3, 0.4) is 0 Å². The summed E-state index contributed by atoms with van der Waals surface area (Å²) in [6.45, 7) is 3.89. The van der Waals surface area contributed by atoms with Crippen LogP contribution in [0.2, 0.25) is 0 Å². The van der Waals surface area contributed by atoms with Gasteiger partial charge in [-0.05, 0) is 32.6 Å². The summed E-state index contributed by atoms with van der Waals surface area (Å²) in [6, 6.07) is 1.25. The second kappa shape index (κ2) is 5.16. The first-order valence-electron chi connectivity index (χ1n) is 6.51. The molecule has 1 unspecified atom stereocenters. The average molecular weight is 278 g/mol. The minimum Gasteiger partial charge on any atom is -0.345 e. The van der Waals surface area contributed by atoms with E-state index >= 15 is 0 Å². The molecule has 1 aliphatic carbocycles. The number of hydrogen-bond acceptors (Lipinski definition) is 5. The van der Waals surface area contributed by atoms with Crippen LogP contribution in [-0.2, 0) is 0 Å². The van der Waals surface area contributed by atoms with E-state index in [0.717, 1.165) is 19.0 Å². The summed E-state index contributed by atoms with van der Waals surface area (Å²) in [7, 11) is 0. The second-order valence-corrected chi connectivity index (χ2v) is 5.43. The van der Waals surface area contributed by atoms with Crippen LogP contribution in [-0.4, -0.2) is 27.9 Å². The minimum atomic E-state index is -0.563. The van der Waals surface area contributed by atoms with Gasteiger partial charge < -0.3 is 11.1 Å². The number of aryl methyl sites for hydroxylation is 1. The number of nitro groups is 1. The number of nitrogens with two attached hydrogens (primary N) is 1. The van der Waals surface area contributed by atoms with Gasteiger partial charge in [-0.15, -0.1) is 0 Å². The Kier molecular flexibility index (Phi) is 3.71. The van der Waals surface area contributed by atoms with E-state index in [4.69, 9.17) is 5.73 Å². The number of amides is 1. The lowest BCUT2D eigenvalue weighted by Gasteiger charge is -2.29. The number of aromatic nitrogens is 1. The molecule has 108 valence electrons. The Bertz CT molecular complexity index is 557. The highest BCUT2D eigenvalue weighted by molar-refractivity contribution is 5.96. The highest BCUT2D eigenvalue weighted by Crippen LogP contribution is 2.39. The van der Waals surface area contributed by atoms with E-state index in [1.165, 1.54) is 6.07 Å². The van der Waals surface area contributed by atoms with Gasteiger partial charge in [0.25, 0.3) is 11.6 Å². The maximum absolute atomic E-state index is 12.3. The van der Waals surface area contributed by atoms with Crippen molar-refractivity contribution < 1.29 is 9.72 Å². The number of carbonyl (C=O) groups excluding carboxylic acids is 1. The van der Waals surface area contributed by atoms with Crippen LogP contribution in [0, 0.1) is 23.0 Å². The van der Waals surface area contributed by atoms with E-state index in [2.05, 4.69) is 10.3 Å². The molecular weight excluding hydrogens is 260 g/mol. The SMILES string of the molecule is Cc1ncc([N+](=O)[O-])cc1C(=O)NC(C)(CN)C1CC1. The average Bonchev–Trinajstić information content (AvgIpc) is 3.23. The smallest absolute Gasteiger partial charge is 0.288 e. The van der Waals surface area contributed by atoms with Gasteiger partial charge in [-0.1, -0.05) is 0 Å². The van der Waals surface area contributed by atoms with Gasteiger partial charge in [0.05, 0.1) is 21.7 Å². The molecule has 0 spiro atoms. The van der Waals surface area contributed by atoms with Crippen molar-refractivity contribution in [2.24, 2.45) is 11.7 Å². The molecule has 1 heterocycles. The topological polar surface area (TPSA) is 111 Å². The zero-order valence-electron chi connectivity index (χ0n) is 11.5. The summed E-state index contributed by atoms with van der Waals surface area (Å²) in [5.41, 5.74) is 5.78. The van der Waals surface area contributed by atoms with Gasteiger partial charge in [-0.25, -0.2) is 0 Å². The number of rotatable bonds is 5. The number of nitrogens with one attached hydrogen (secondary N) is 1. The van der Waals surface area contributed by atoms with Crippen LogP contribution in [0.15, 0.2) is 12.3 Å². The Hall–Kier alpha value is -2.02. The third-order valence-corrected chi connectivity index (χ3v) is 3.83. The lowest BCUT2D eigenvalue weighted by molar-refractivity contribution is -0.385. The van der Waals surface area contributed by atoms with Gasteiger partial charge >= 0.3 is 0 Å². The van der Waals surface area contributed by atoms with Gasteiger partial charge in [0.1, 0.15) is 6.20 Å². The molecule has 1 amide bonds. The second-order valence-electron chi connectivity index (χ2n) is 5.43. The highest BCUT2D eigenvalue weighted by atomic mass is 16.6. The molecule has 1 aromatic heterocycles. The molecule has 20 heavy (non-hydrogen) atoms. The van der Waals surface area contributed by atoms with Crippen molar-refractivity contribution in [2.45, 2.75) is 32.2 Å². The fourth-order valence-corrected chi connectivity index (χ4v) is 2.22. The van der Waals surface area contributed by atoms with Crippen LogP contribution >= 0.6 is 0 Å². The molecule has 0 aromatic carbocycles. The van der Waals surface area contributed by atoms with E-state index in [9.17, 15) is 14.9 Å². The summed E-state index contributed by atoms with van der Waals surface area (Å²) in [5.74, 6) is 0.0157. The Balaban J connectivity index is 2.24. The van der Waals surface area contributed by atoms with Crippen molar-refractivity contribution >= 4 is 11.6 Å². The van der Waals surface area contributed by atoms with E-state index in [0.29, 0.717) is 18.2 Å². The zero-order chi connectivity index (χ0) is 14.9. The first-order chi connectivity index (χ1) is 9.37. The molecular formula is C13H18N4O3. The van der Waals surface area contributed by atoms with Crippen LogP contribution in [0.4, 0.5) is 5.69 Å². The fourth-order valence-electron chi connectivity index (χ4n) is 2.22. The maximum Gasteiger partial charge on any atom is 0.288 e. The quantitative estimate of drug-likeness (QED) is 0.620. The number of nitrogens with zero attached hydrogens (tertiary/aromatic N) is 2. The summed E-state index contributed by atoms with van der Waals surface area (Å²) in [4.78, 5) is 26.4. The first-order valence-corrected chi connectivity index (χ1v) is 6.51. The first kappa shape index (κ1) is 14.4. The van der Waals surface area contributed by atoms with Gasteiger partial charge in [-0.2, -0.15) is 0 Å². The molecule has 0 aliphatic heterocycles. The predicted octanol–water partition coefficient (Wildman–Crippen LogP) is 1.16. The van der Waals surface area contributed by atoms with Gasteiger partial charge in [0.15, 0.2) is 0 Å².